The molecule has 0 aromatic carbocycles. The average Bonchev–Trinajstić information content (AvgIpc) is 1.72. The maximum absolute atomic E-state index is 2.39. The normalized spacial score (nSPS) is 16.0. The van der Waals surface area contributed by atoms with Gasteiger partial charge < -0.3 is 13.8 Å². The van der Waals surface area contributed by atoms with Gasteiger partial charge in [0.1, 0.15) is 0 Å². The van der Waals surface area contributed by atoms with E-state index in [2.05, 4.69) is 6.42 Å². The fourth-order valence-electron chi connectivity index (χ4n) is 0.898. The molecule has 0 radical (unpaired) electrons. The van der Waals surface area contributed by atoms with Crippen LogP contribution in [0.1, 0.15) is 32.1 Å². The SMILES string of the molecule is Br.[CH-]1CCCCC1.[CH3-].[Mg+2]. The van der Waals surface area contributed by atoms with Crippen molar-refractivity contribution >= 4 is 40.0 Å². The summed E-state index contributed by atoms with van der Waals surface area (Å²) in [5.74, 6) is 0. The van der Waals surface area contributed by atoms with Crippen molar-refractivity contribution in [2.75, 3.05) is 0 Å². The molecule has 0 atom stereocenters. The van der Waals surface area contributed by atoms with Gasteiger partial charge in [-0.3, -0.25) is 0 Å². The van der Waals surface area contributed by atoms with Gasteiger partial charge in [-0.1, -0.05) is 19.3 Å². The van der Waals surface area contributed by atoms with Gasteiger partial charge in [-0.05, 0) is 0 Å². The number of halogens is 1. The van der Waals surface area contributed by atoms with Crippen molar-refractivity contribution in [2.24, 2.45) is 0 Å². The fraction of sp³-hybridized carbons (Fsp3) is 0.714. The van der Waals surface area contributed by atoms with E-state index >= 15 is 0 Å². The summed E-state index contributed by atoms with van der Waals surface area (Å²) in [5, 5.41) is 0. The zero-order valence-electron chi connectivity index (χ0n) is 6.23. The van der Waals surface area contributed by atoms with E-state index in [9.17, 15) is 0 Å². The van der Waals surface area contributed by atoms with Gasteiger partial charge >= 0.3 is 23.1 Å². The Morgan fingerprint density at radius 2 is 1.33 bits per heavy atom. The van der Waals surface area contributed by atoms with Crippen LogP contribution in [-0.4, -0.2) is 23.1 Å². The van der Waals surface area contributed by atoms with Crippen LogP contribution in [0.3, 0.4) is 0 Å². The van der Waals surface area contributed by atoms with Crippen molar-refractivity contribution in [2.45, 2.75) is 32.1 Å². The fourth-order valence-corrected chi connectivity index (χ4v) is 0.898. The maximum atomic E-state index is 2.39. The van der Waals surface area contributed by atoms with Crippen LogP contribution in [0.4, 0.5) is 0 Å². The third-order valence-corrected chi connectivity index (χ3v) is 1.32. The molecule has 1 saturated carbocycles. The van der Waals surface area contributed by atoms with Gasteiger partial charge in [-0.2, -0.15) is 12.8 Å². The minimum absolute atomic E-state index is 0. The molecule has 1 aliphatic carbocycles. The topological polar surface area (TPSA) is 0 Å². The van der Waals surface area contributed by atoms with E-state index in [4.69, 9.17) is 0 Å². The van der Waals surface area contributed by atoms with Gasteiger partial charge in [0.25, 0.3) is 0 Å². The predicted octanol–water partition coefficient (Wildman–Crippen LogP) is 2.80. The molecule has 0 aliphatic heterocycles. The molecule has 0 spiro atoms. The maximum Gasteiger partial charge on any atom is 2.00 e. The van der Waals surface area contributed by atoms with E-state index in [-0.39, 0.29) is 47.5 Å². The third kappa shape index (κ3) is 9.25. The molecule has 1 rings (SSSR count). The number of hydrogen-bond donors (Lipinski definition) is 0. The predicted molar refractivity (Wildman–Crippen MR) is 49.9 cm³/mol. The Morgan fingerprint density at radius 1 is 0.889 bits per heavy atom. The van der Waals surface area contributed by atoms with E-state index in [1.54, 1.807) is 0 Å². The van der Waals surface area contributed by atoms with Crippen molar-refractivity contribution in [3.8, 4) is 0 Å². The second kappa shape index (κ2) is 12.0. The molecule has 0 N–H and O–H groups in total. The van der Waals surface area contributed by atoms with Crippen LogP contribution < -0.4 is 0 Å². The van der Waals surface area contributed by atoms with E-state index < -0.39 is 0 Å². The molecule has 1 aliphatic rings. The summed E-state index contributed by atoms with van der Waals surface area (Å²) < 4.78 is 0. The van der Waals surface area contributed by atoms with E-state index in [1.165, 1.54) is 32.1 Å². The average molecular weight is 203 g/mol. The largest absolute Gasteiger partial charge is 2.00 e. The Morgan fingerprint density at radius 3 is 1.44 bits per heavy atom. The Kier molecular flexibility index (Phi) is 22.2. The molecule has 0 saturated heterocycles. The molecular formula is C7H15BrMg. The number of rotatable bonds is 0. The molecule has 0 nitrogen and oxygen atoms in total. The summed E-state index contributed by atoms with van der Waals surface area (Å²) >= 11 is 0. The summed E-state index contributed by atoms with van der Waals surface area (Å²) in [7, 11) is 0. The molecule has 1 fully saturated rings. The number of hydrogen-bond acceptors (Lipinski definition) is 0. The van der Waals surface area contributed by atoms with Gasteiger partial charge in [0.2, 0.25) is 0 Å². The summed E-state index contributed by atoms with van der Waals surface area (Å²) in [4.78, 5) is 0. The second-order valence-corrected chi connectivity index (χ2v) is 1.93. The second-order valence-electron chi connectivity index (χ2n) is 1.93. The Hall–Kier alpha value is 1.25. The molecular weight excluding hydrogens is 188 g/mol. The minimum Gasteiger partial charge on any atom is -0.358 e. The molecule has 2 heteroatoms. The first kappa shape index (κ1) is 16.7. The third-order valence-electron chi connectivity index (χ3n) is 1.32. The summed E-state index contributed by atoms with van der Waals surface area (Å²) in [5.41, 5.74) is 0. The van der Waals surface area contributed by atoms with Crippen molar-refractivity contribution in [3.63, 3.8) is 0 Å². The van der Waals surface area contributed by atoms with Crippen LogP contribution in [0, 0.1) is 13.8 Å². The molecule has 0 bridgehead atoms. The molecule has 0 aromatic rings. The molecule has 0 aromatic heterocycles. The van der Waals surface area contributed by atoms with Crippen LogP contribution in [0.25, 0.3) is 0 Å². The zero-order valence-corrected chi connectivity index (χ0v) is 9.36. The molecule has 0 heterocycles. The Labute approximate surface area is 85.7 Å². The van der Waals surface area contributed by atoms with Crippen molar-refractivity contribution in [3.05, 3.63) is 13.8 Å². The van der Waals surface area contributed by atoms with E-state index in [0.29, 0.717) is 0 Å². The van der Waals surface area contributed by atoms with Gasteiger partial charge in [-0.15, -0.1) is 17.0 Å². The van der Waals surface area contributed by atoms with E-state index in [0.717, 1.165) is 0 Å². The molecule has 9 heavy (non-hydrogen) atoms. The first-order chi connectivity index (χ1) is 3.00. The van der Waals surface area contributed by atoms with Gasteiger partial charge in [0, 0.05) is 0 Å². The monoisotopic (exact) mass is 202 g/mol. The van der Waals surface area contributed by atoms with Crippen LogP contribution >= 0.6 is 17.0 Å². The first-order valence-electron chi connectivity index (χ1n) is 2.82. The van der Waals surface area contributed by atoms with Gasteiger partial charge in [-0.25, -0.2) is 0 Å². The Balaban J connectivity index is -0.000000120. The van der Waals surface area contributed by atoms with Crippen molar-refractivity contribution < 1.29 is 0 Å². The Bertz CT molecular complexity index is 24.4. The van der Waals surface area contributed by atoms with Crippen molar-refractivity contribution in [1.82, 2.24) is 0 Å². The quantitative estimate of drug-likeness (QED) is 0.419. The van der Waals surface area contributed by atoms with Gasteiger partial charge in [0.05, 0.1) is 0 Å². The first-order valence-corrected chi connectivity index (χ1v) is 2.82. The standard InChI is InChI=1S/C6H11.CH3.BrH.Mg/c1-2-4-6-5-3-1;;;/h1H,2-6H2;1H3;1H;/q2*-1;;+2. The summed E-state index contributed by atoms with van der Waals surface area (Å²) in [6.45, 7) is 0. The summed E-state index contributed by atoms with van der Waals surface area (Å²) in [6, 6.07) is 0. The van der Waals surface area contributed by atoms with Crippen LogP contribution in [0.5, 0.6) is 0 Å². The van der Waals surface area contributed by atoms with Crippen LogP contribution in [0.15, 0.2) is 0 Å². The van der Waals surface area contributed by atoms with Crippen LogP contribution in [-0.2, 0) is 0 Å². The molecule has 0 amide bonds. The smallest absolute Gasteiger partial charge is 0.358 e. The zero-order chi connectivity index (χ0) is 4.24. The van der Waals surface area contributed by atoms with Crippen molar-refractivity contribution in [1.29, 1.82) is 0 Å². The van der Waals surface area contributed by atoms with Crippen LogP contribution in [0.2, 0.25) is 0 Å². The van der Waals surface area contributed by atoms with Gasteiger partial charge in [0.15, 0.2) is 0 Å². The van der Waals surface area contributed by atoms with E-state index in [1.807, 2.05) is 0 Å². The molecule has 0 unspecified atom stereocenters. The summed E-state index contributed by atoms with van der Waals surface area (Å²) in [6.07, 6.45) is 9.50. The molecule has 52 valence electrons. The minimum atomic E-state index is 0.